The zero-order valence-electron chi connectivity index (χ0n) is 27.0. The van der Waals surface area contributed by atoms with E-state index in [1.54, 1.807) is 0 Å². The smallest absolute Gasteiger partial charge is 0.0380 e. The van der Waals surface area contributed by atoms with Crippen molar-refractivity contribution in [2.45, 2.75) is 39.5 Å². The Labute approximate surface area is 272 Å². The first-order valence-corrected chi connectivity index (χ1v) is 15.7. The predicted octanol–water partition coefficient (Wildman–Crippen LogP) is 9.28. The number of nitrogens with two attached hydrogens (primary N) is 4. The van der Waals surface area contributed by atoms with Crippen LogP contribution in [0.3, 0.4) is 0 Å². The molecule has 0 aromatic heterocycles. The maximum Gasteiger partial charge on any atom is 0.0380 e. The van der Waals surface area contributed by atoms with E-state index < -0.39 is 0 Å². The average molecular weight is 603 g/mol. The molecule has 0 saturated carbocycles. The van der Waals surface area contributed by atoms with Crippen LogP contribution >= 0.6 is 0 Å². The van der Waals surface area contributed by atoms with Crippen molar-refractivity contribution in [3.8, 4) is 11.1 Å². The summed E-state index contributed by atoms with van der Waals surface area (Å²) in [5, 5.41) is 0. The molecule has 6 aromatic rings. The Balaban J connectivity index is 1.39. The molecular formula is C42H42N4. The summed E-state index contributed by atoms with van der Waals surface area (Å²) < 4.78 is 0. The van der Waals surface area contributed by atoms with E-state index in [2.05, 4.69) is 100 Å². The van der Waals surface area contributed by atoms with Gasteiger partial charge in [-0.3, -0.25) is 0 Å². The molecule has 4 nitrogen and oxygen atoms in total. The number of hydrogen-bond acceptors (Lipinski definition) is 4. The molecule has 8 N–H and O–H groups in total. The van der Waals surface area contributed by atoms with E-state index in [-0.39, 0.29) is 11.8 Å². The van der Waals surface area contributed by atoms with E-state index in [4.69, 9.17) is 22.9 Å². The third-order valence-electron chi connectivity index (χ3n) is 9.03. The molecule has 0 heterocycles. The van der Waals surface area contributed by atoms with Gasteiger partial charge in [0.25, 0.3) is 0 Å². The predicted molar refractivity (Wildman–Crippen MR) is 196 cm³/mol. The molecule has 0 spiro atoms. The van der Waals surface area contributed by atoms with Gasteiger partial charge in [-0.2, -0.15) is 0 Å². The van der Waals surface area contributed by atoms with Gasteiger partial charge < -0.3 is 22.9 Å². The molecule has 0 aliphatic carbocycles. The van der Waals surface area contributed by atoms with Crippen LogP contribution in [0.15, 0.2) is 121 Å². The summed E-state index contributed by atoms with van der Waals surface area (Å²) in [6.45, 7) is 8.38. The number of anilines is 4. The molecule has 0 bridgehead atoms. The minimum atomic E-state index is -0.0865. The molecule has 0 amide bonds. The molecule has 0 saturated heterocycles. The maximum atomic E-state index is 6.58. The van der Waals surface area contributed by atoms with Crippen LogP contribution in [0.5, 0.6) is 0 Å². The molecule has 0 fully saturated rings. The SMILES string of the molecule is Cc1ccc(N)c(C(c2ccc(-c3ccc(C(c4cc(C)ccc4N)c4cc(C)ccc4N)cc3)cc2)c2cc(C)ccc2N)c1. The van der Waals surface area contributed by atoms with Crippen molar-refractivity contribution in [3.63, 3.8) is 0 Å². The van der Waals surface area contributed by atoms with Gasteiger partial charge in [0.15, 0.2) is 0 Å². The molecule has 6 aromatic carbocycles. The van der Waals surface area contributed by atoms with Crippen LogP contribution in [0.25, 0.3) is 11.1 Å². The van der Waals surface area contributed by atoms with Gasteiger partial charge in [-0.25, -0.2) is 0 Å². The van der Waals surface area contributed by atoms with Gasteiger partial charge in [-0.15, -0.1) is 0 Å². The zero-order valence-corrected chi connectivity index (χ0v) is 27.0. The Morgan fingerprint density at radius 1 is 0.326 bits per heavy atom. The average Bonchev–Trinajstić information content (AvgIpc) is 3.05. The van der Waals surface area contributed by atoms with Gasteiger partial charge in [0, 0.05) is 34.6 Å². The largest absolute Gasteiger partial charge is 0.398 e. The Morgan fingerprint density at radius 3 is 0.804 bits per heavy atom. The molecule has 0 atom stereocenters. The van der Waals surface area contributed by atoms with E-state index in [0.29, 0.717) is 0 Å². The molecule has 46 heavy (non-hydrogen) atoms. The lowest BCUT2D eigenvalue weighted by molar-refractivity contribution is 0.977. The van der Waals surface area contributed by atoms with Crippen molar-refractivity contribution < 1.29 is 0 Å². The van der Waals surface area contributed by atoms with Crippen LogP contribution in [0.2, 0.25) is 0 Å². The van der Waals surface area contributed by atoms with Crippen molar-refractivity contribution in [2.24, 2.45) is 0 Å². The second-order valence-electron chi connectivity index (χ2n) is 12.6. The molecule has 0 aliphatic rings. The van der Waals surface area contributed by atoms with Crippen LogP contribution < -0.4 is 22.9 Å². The first-order chi connectivity index (χ1) is 22.1. The minimum Gasteiger partial charge on any atom is -0.398 e. The molecule has 0 unspecified atom stereocenters. The molecule has 0 aliphatic heterocycles. The fraction of sp³-hybridized carbons (Fsp3) is 0.143. The molecule has 0 radical (unpaired) electrons. The lowest BCUT2D eigenvalue weighted by Crippen LogP contribution is -2.10. The van der Waals surface area contributed by atoms with Crippen molar-refractivity contribution in [1.29, 1.82) is 0 Å². The summed E-state index contributed by atoms with van der Waals surface area (Å²) in [6.07, 6.45) is 0. The van der Waals surface area contributed by atoms with Crippen LogP contribution in [-0.2, 0) is 0 Å². The van der Waals surface area contributed by atoms with Gasteiger partial charge in [-0.05, 0) is 96.5 Å². The van der Waals surface area contributed by atoms with E-state index in [9.17, 15) is 0 Å². The van der Waals surface area contributed by atoms with E-state index in [1.807, 2.05) is 48.5 Å². The Hall–Kier alpha value is -5.48. The summed E-state index contributed by atoms with van der Waals surface area (Å²) in [5.74, 6) is -0.173. The van der Waals surface area contributed by atoms with E-state index in [0.717, 1.165) is 89.5 Å². The number of aryl methyl sites for hydroxylation is 4. The number of hydrogen-bond donors (Lipinski definition) is 4. The topological polar surface area (TPSA) is 104 Å². The van der Waals surface area contributed by atoms with Crippen LogP contribution in [0.4, 0.5) is 22.7 Å². The van der Waals surface area contributed by atoms with Gasteiger partial charge in [0.1, 0.15) is 0 Å². The summed E-state index contributed by atoms with van der Waals surface area (Å²) in [7, 11) is 0. The quantitative estimate of drug-likeness (QED) is 0.108. The third kappa shape index (κ3) is 6.07. The van der Waals surface area contributed by atoms with Crippen LogP contribution in [0.1, 0.15) is 67.5 Å². The highest BCUT2D eigenvalue weighted by molar-refractivity contribution is 5.69. The molecule has 4 heteroatoms. The molecule has 230 valence electrons. The van der Waals surface area contributed by atoms with Crippen molar-refractivity contribution in [3.05, 3.63) is 177 Å². The summed E-state index contributed by atoms with van der Waals surface area (Å²) >= 11 is 0. The standard InChI is InChI=1S/C42H42N4/c1-25-5-17-37(43)33(21-25)41(34-22-26(2)6-18-38(34)44)31-13-9-29(10-14-31)30-11-15-32(16-12-30)42(35-23-27(3)7-19-39(35)45)36-24-28(4)8-20-40(36)46/h5-24,41-42H,43-46H2,1-4H3. The van der Waals surface area contributed by atoms with Crippen LogP contribution in [-0.4, -0.2) is 0 Å². The van der Waals surface area contributed by atoms with Crippen molar-refractivity contribution in [1.82, 2.24) is 0 Å². The first kappa shape index (κ1) is 30.5. The highest BCUT2D eigenvalue weighted by Gasteiger charge is 2.24. The Bertz CT molecular complexity index is 1770. The van der Waals surface area contributed by atoms with Gasteiger partial charge >= 0.3 is 0 Å². The fourth-order valence-electron chi connectivity index (χ4n) is 6.57. The molecule has 6 rings (SSSR count). The lowest BCUT2D eigenvalue weighted by atomic mass is 9.81. The second-order valence-corrected chi connectivity index (χ2v) is 12.6. The zero-order chi connectivity index (χ0) is 32.5. The highest BCUT2D eigenvalue weighted by Crippen LogP contribution is 2.41. The minimum absolute atomic E-state index is 0.0865. The number of rotatable bonds is 7. The monoisotopic (exact) mass is 602 g/mol. The second kappa shape index (κ2) is 12.5. The number of benzene rings is 6. The summed E-state index contributed by atoms with van der Waals surface area (Å²) in [4.78, 5) is 0. The summed E-state index contributed by atoms with van der Waals surface area (Å²) in [5.41, 5.74) is 42.8. The van der Waals surface area contributed by atoms with Crippen LogP contribution in [0, 0.1) is 27.7 Å². The van der Waals surface area contributed by atoms with Gasteiger partial charge in [0.2, 0.25) is 0 Å². The van der Waals surface area contributed by atoms with Crippen molar-refractivity contribution in [2.75, 3.05) is 22.9 Å². The highest BCUT2D eigenvalue weighted by atomic mass is 14.6. The van der Waals surface area contributed by atoms with Crippen molar-refractivity contribution >= 4 is 22.7 Å². The first-order valence-electron chi connectivity index (χ1n) is 15.7. The number of nitrogen functional groups attached to an aromatic ring is 4. The van der Waals surface area contributed by atoms with E-state index in [1.165, 1.54) is 0 Å². The van der Waals surface area contributed by atoms with Gasteiger partial charge in [-0.1, -0.05) is 119 Å². The Morgan fingerprint density at radius 2 is 0.565 bits per heavy atom. The van der Waals surface area contributed by atoms with E-state index >= 15 is 0 Å². The molecular weight excluding hydrogens is 560 g/mol. The summed E-state index contributed by atoms with van der Waals surface area (Å²) in [6, 6.07) is 42.4. The lowest BCUT2D eigenvalue weighted by Gasteiger charge is -2.24. The normalized spacial score (nSPS) is 11.3. The third-order valence-corrected chi connectivity index (χ3v) is 9.03. The maximum absolute atomic E-state index is 6.58. The Kier molecular flexibility index (Phi) is 8.29. The fourth-order valence-corrected chi connectivity index (χ4v) is 6.57. The van der Waals surface area contributed by atoms with Gasteiger partial charge in [0.05, 0.1) is 0 Å².